The Kier molecular flexibility index (Phi) is 7.05. The number of nitrogens with two attached hydrogens (primary N) is 2. The van der Waals surface area contributed by atoms with Crippen LogP contribution in [0.5, 0.6) is 5.75 Å². The number of halogens is 2. The molecule has 16 heavy (non-hydrogen) atoms. The molecule has 0 aliphatic heterocycles. The lowest BCUT2D eigenvalue weighted by Gasteiger charge is -2.13. The van der Waals surface area contributed by atoms with Gasteiger partial charge in [-0.05, 0) is 25.5 Å². The SMILES string of the molecule is COc1cccc([C@@H](N)CCCN)c1F.Cl. The molecule has 0 fully saturated rings. The lowest BCUT2D eigenvalue weighted by molar-refractivity contribution is 0.381. The normalized spacial score (nSPS) is 11.8. The third kappa shape index (κ3) is 3.63. The minimum Gasteiger partial charge on any atom is -0.494 e. The first kappa shape index (κ1) is 15.2. The minimum absolute atomic E-state index is 0. The predicted octanol–water partition coefficient (Wildman–Crippen LogP) is 1.99. The smallest absolute Gasteiger partial charge is 0.169 e. The number of benzene rings is 1. The van der Waals surface area contributed by atoms with Gasteiger partial charge in [0.05, 0.1) is 7.11 Å². The molecule has 1 aromatic rings. The molecule has 1 rings (SSSR count). The Morgan fingerprint density at radius 2 is 2.12 bits per heavy atom. The van der Waals surface area contributed by atoms with Crippen molar-refractivity contribution < 1.29 is 9.13 Å². The zero-order valence-electron chi connectivity index (χ0n) is 9.28. The van der Waals surface area contributed by atoms with Crippen LogP contribution in [0, 0.1) is 5.82 Å². The summed E-state index contributed by atoms with van der Waals surface area (Å²) < 4.78 is 18.6. The first-order valence-corrected chi connectivity index (χ1v) is 4.98. The fourth-order valence-corrected chi connectivity index (χ4v) is 1.47. The maximum atomic E-state index is 13.7. The highest BCUT2D eigenvalue weighted by molar-refractivity contribution is 5.85. The van der Waals surface area contributed by atoms with Gasteiger partial charge in [0.1, 0.15) is 0 Å². The maximum Gasteiger partial charge on any atom is 0.169 e. The summed E-state index contributed by atoms with van der Waals surface area (Å²) in [7, 11) is 1.44. The van der Waals surface area contributed by atoms with Crippen molar-refractivity contribution in [2.24, 2.45) is 11.5 Å². The number of hydrogen-bond acceptors (Lipinski definition) is 3. The fraction of sp³-hybridized carbons (Fsp3) is 0.455. The first-order valence-electron chi connectivity index (χ1n) is 4.98. The van der Waals surface area contributed by atoms with Crippen LogP contribution in [-0.4, -0.2) is 13.7 Å². The van der Waals surface area contributed by atoms with E-state index < -0.39 is 0 Å². The Bertz CT molecular complexity index is 323. The van der Waals surface area contributed by atoms with Gasteiger partial charge in [-0.25, -0.2) is 4.39 Å². The standard InChI is InChI=1S/C11H17FN2O.ClH/c1-15-10-6-2-4-8(11(10)12)9(14)5-3-7-13;/h2,4,6,9H,3,5,7,13-14H2,1H3;1H/t9-;/m0./s1. The maximum absolute atomic E-state index is 13.7. The van der Waals surface area contributed by atoms with Crippen LogP contribution >= 0.6 is 12.4 Å². The van der Waals surface area contributed by atoms with Crippen LogP contribution in [0.4, 0.5) is 4.39 Å². The van der Waals surface area contributed by atoms with Crippen molar-refractivity contribution in [3.05, 3.63) is 29.6 Å². The average molecular weight is 249 g/mol. The fourth-order valence-electron chi connectivity index (χ4n) is 1.47. The van der Waals surface area contributed by atoms with Gasteiger partial charge in [-0.1, -0.05) is 12.1 Å². The van der Waals surface area contributed by atoms with Gasteiger partial charge in [-0.2, -0.15) is 0 Å². The van der Waals surface area contributed by atoms with Crippen molar-refractivity contribution in [1.82, 2.24) is 0 Å². The van der Waals surface area contributed by atoms with E-state index in [-0.39, 0.29) is 30.0 Å². The molecule has 0 saturated heterocycles. The van der Waals surface area contributed by atoms with E-state index in [9.17, 15) is 4.39 Å². The molecule has 0 saturated carbocycles. The van der Waals surface area contributed by atoms with Crippen molar-refractivity contribution in [1.29, 1.82) is 0 Å². The van der Waals surface area contributed by atoms with Gasteiger partial charge >= 0.3 is 0 Å². The van der Waals surface area contributed by atoms with Crippen molar-refractivity contribution in [3.8, 4) is 5.75 Å². The van der Waals surface area contributed by atoms with E-state index in [0.29, 0.717) is 18.5 Å². The van der Waals surface area contributed by atoms with Gasteiger partial charge < -0.3 is 16.2 Å². The molecule has 0 spiro atoms. The van der Waals surface area contributed by atoms with Gasteiger partial charge in [0.2, 0.25) is 0 Å². The second kappa shape index (κ2) is 7.44. The van der Waals surface area contributed by atoms with Crippen LogP contribution in [0.15, 0.2) is 18.2 Å². The van der Waals surface area contributed by atoms with Gasteiger partial charge in [-0.15, -0.1) is 12.4 Å². The van der Waals surface area contributed by atoms with Crippen molar-refractivity contribution in [2.45, 2.75) is 18.9 Å². The third-order valence-electron chi connectivity index (χ3n) is 2.33. The van der Waals surface area contributed by atoms with E-state index in [1.165, 1.54) is 7.11 Å². The quantitative estimate of drug-likeness (QED) is 0.838. The number of hydrogen-bond donors (Lipinski definition) is 2. The Hall–Kier alpha value is -0.840. The number of methoxy groups -OCH3 is 1. The summed E-state index contributed by atoms with van der Waals surface area (Å²) in [5, 5.41) is 0. The molecular formula is C11H18ClFN2O. The van der Waals surface area contributed by atoms with Crippen molar-refractivity contribution >= 4 is 12.4 Å². The molecule has 0 unspecified atom stereocenters. The lowest BCUT2D eigenvalue weighted by atomic mass is 10.0. The monoisotopic (exact) mass is 248 g/mol. The highest BCUT2D eigenvalue weighted by atomic mass is 35.5. The topological polar surface area (TPSA) is 61.3 Å². The molecule has 1 aromatic carbocycles. The highest BCUT2D eigenvalue weighted by Gasteiger charge is 2.14. The molecular weight excluding hydrogens is 231 g/mol. The first-order chi connectivity index (χ1) is 7.20. The van der Waals surface area contributed by atoms with Crippen LogP contribution < -0.4 is 16.2 Å². The molecule has 0 bridgehead atoms. The van der Waals surface area contributed by atoms with Gasteiger partial charge in [0.25, 0.3) is 0 Å². The van der Waals surface area contributed by atoms with Crippen LogP contribution in [0.25, 0.3) is 0 Å². The second-order valence-corrected chi connectivity index (χ2v) is 3.40. The molecule has 0 amide bonds. The minimum atomic E-state index is -0.371. The molecule has 5 heteroatoms. The van der Waals surface area contributed by atoms with Gasteiger partial charge in [-0.3, -0.25) is 0 Å². The largest absolute Gasteiger partial charge is 0.494 e. The molecule has 0 aliphatic rings. The molecule has 0 aromatic heterocycles. The van der Waals surface area contributed by atoms with E-state index >= 15 is 0 Å². The summed E-state index contributed by atoms with van der Waals surface area (Å²) in [6, 6.07) is 4.68. The Morgan fingerprint density at radius 3 is 2.69 bits per heavy atom. The van der Waals surface area contributed by atoms with Crippen LogP contribution in [0.3, 0.4) is 0 Å². The van der Waals surface area contributed by atoms with Crippen LogP contribution in [0.2, 0.25) is 0 Å². The lowest BCUT2D eigenvalue weighted by Crippen LogP contribution is -2.14. The summed E-state index contributed by atoms with van der Waals surface area (Å²) in [4.78, 5) is 0. The van der Waals surface area contributed by atoms with Crippen molar-refractivity contribution in [2.75, 3.05) is 13.7 Å². The zero-order chi connectivity index (χ0) is 11.3. The summed E-state index contributed by atoms with van der Waals surface area (Å²) in [5.74, 6) is -0.139. The average Bonchev–Trinajstić information content (AvgIpc) is 2.26. The molecule has 92 valence electrons. The summed E-state index contributed by atoms with van der Waals surface area (Å²) in [6.07, 6.45) is 1.47. The van der Waals surface area contributed by atoms with E-state index in [1.54, 1.807) is 18.2 Å². The zero-order valence-corrected chi connectivity index (χ0v) is 10.1. The Labute approximate surface area is 101 Å². The van der Waals surface area contributed by atoms with Gasteiger partial charge in [0, 0.05) is 11.6 Å². The Morgan fingerprint density at radius 1 is 1.44 bits per heavy atom. The van der Waals surface area contributed by atoms with E-state index in [0.717, 1.165) is 6.42 Å². The summed E-state index contributed by atoms with van der Waals surface area (Å²) in [5.41, 5.74) is 11.7. The molecule has 0 radical (unpaired) electrons. The Balaban J connectivity index is 0.00000225. The third-order valence-corrected chi connectivity index (χ3v) is 2.33. The van der Waals surface area contributed by atoms with Crippen molar-refractivity contribution in [3.63, 3.8) is 0 Å². The highest BCUT2D eigenvalue weighted by Crippen LogP contribution is 2.25. The van der Waals surface area contributed by atoms with Gasteiger partial charge in [0.15, 0.2) is 11.6 Å². The molecule has 0 aliphatic carbocycles. The molecule has 1 atom stereocenters. The molecule has 4 N–H and O–H groups in total. The van der Waals surface area contributed by atoms with E-state index in [4.69, 9.17) is 16.2 Å². The second-order valence-electron chi connectivity index (χ2n) is 3.40. The summed E-state index contributed by atoms with van der Waals surface area (Å²) >= 11 is 0. The van der Waals surface area contributed by atoms with E-state index in [2.05, 4.69) is 0 Å². The molecule has 0 heterocycles. The van der Waals surface area contributed by atoms with Crippen LogP contribution in [0.1, 0.15) is 24.4 Å². The van der Waals surface area contributed by atoms with E-state index in [1.807, 2.05) is 0 Å². The molecule has 3 nitrogen and oxygen atoms in total. The number of ether oxygens (including phenoxy) is 1. The van der Waals surface area contributed by atoms with Crippen LogP contribution in [-0.2, 0) is 0 Å². The predicted molar refractivity (Wildman–Crippen MR) is 65.4 cm³/mol. The summed E-state index contributed by atoms with van der Waals surface area (Å²) in [6.45, 7) is 0.569. The number of rotatable bonds is 5.